The second-order valence-electron chi connectivity index (χ2n) is 3.98. The van der Waals surface area contributed by atoms with E-state index < -0.39 is 0 Å². The first-order valence-corrected chi connectivity index (χ1v) is 7.53. The quantitative estimate of drug-likeness (QED) is 0.878. The van der Waals surface area contributed by atoms with Gasteiger partial charge in [0.25, 0.3) is 5.91 Å². The third-order valence-electron chi connectivity index (χ3n) is 2.48. The molecule has 19 heavy (non-hydrogen) atoms. The number of benzene rings is 1. The summed E-state index contributed by atoms with van der Waals surface area (Å²) in [5.74, 6) is -0.153. The zero-order valence-corrected chi connectivity index (χ0v) is 12.6. The van der Waals surface area contributed by atoms with Gasteiger partial charge >= 0.3 is 0 Å². The molecule has 4 nitrogen and oxygen atoms in total. The van der Waals surface area contributed by atoms with Crippen molar-refractivity contribution in [1.82, 2.24) is 10.3 Å². The van der Waals surface area contributed by atoms with Gasteiger partial charge in [-0.1, -0.05) is 28.1 Å². The Kier molecular flexibility index (Phi) is 5.07. The molecule has 0 aliphatic heterocycles. The number of halogens is 1. The van der Waals surface area contributed by atoms with Crippen LogP contribution in [0.3, 0.4) is 0 Å². The second kappa shape index (κ2) is 6.79. The molecule has 1 amide bonds. The summed E-state index contributed by atoms with van der Waals surface area (Å²) in [5.41, 5.74) is 6.96. The average Bonchev–Trinajstić information content (AvgIpc) is 2.85. The Hall–Kier alpha value is -1.24. The van der Waals surface area contributed by atoms with Crippen LogP contribution in [0.15, 0.2) is 34.1 Å². The van der Waals surface area contributed by atoms with E-state index in [-0.39, 0.29) is 5.91 Å². The molecule has 6 heteroatoms. The van der Waals surface area contributed by atoms with E-state index in [0.717, 1.165) is 15.0 Å². The van der Waals surface area contributed by atoms with Gasteiger partial charge < -0.3 is 11.1 Å². The molecule has 2 aromatic rings. The highest BCUT2D eigenvalue weighted by Gasteiger charge is 2.10. The highest BCUT2D eigenvalue weighted by atomic mass is 79.9. The van der Waals surface area contributed by atoms with Crippen molar-refractivity contribution in [3.05, 3.63) is 50.4 Å². The van der Waals surface area contributed by atoms with Crippen LogP contribution in [0.1, 0.15) is 21.1 Å². The SMILES string of the molecule is NCCc1nc(C(=O)NCc2cccc(Br)c2)cs1. The minimum Gasteiger partial charge on any atom is -0.347 e. The van der Waals surface area contributed by atoms with Crippen molar-refractivity contribution in [2.75, 3.05) is 6.54 Å². The number of aromatic nitrogens is 1. The van der Waals surface area contributed by atoms with E-state index in [1.807, 2.05) is 24.3 Å². The lowest BCUT2D eigenvalue weighted by Crippen LogP contribution is -2.23. The fourth-order valence-electron chi connectivity index (χ4n) is 1.57. The van der Waals surface area contributed by atoms with E-state index in [9.17, 15) is 4.79 Å². The number of nitrogens with two attached hydrogens (primary N) is 1. The van der Waals surface area contributed by atoms with Crippen LogP contribution in [0.25, 0.3) is 0 Å². The summed E-state index contributed by atoms with van der Waals surface area (Å²) in [7, 11) is 0. The summed E-state index contributed by atoms with van der Waals surface area (Å²) in [5, 5.41) is 5.51. The third kappa shape index (κ3) is 4.12. The lowest BCUT2D eigenvalue weighted by Gasteiger charge is -2.03. The largest absolute Gasteiger partial charge is 0.347 e. The Morgan fingerprint density at radius 3 is 3.05 bits per heavy atom. The van der Waals surface area contributed by atoms with E-state index >= 15 is 0 Å². The van der Waals surface area contributed by atoms with Gasteiger partial charge in [-0.25, -0.2) is 4.98 Å². The molecule has 0 unspecified atom stereocenters. The van der Waals surface area contributed by atoms with Gasteiger partial charge in [-0.3, -0.25) is 4.79 Å². The van der Waals surface area contributed by atoms with Gasteiger partial charge in [-0.2, -0.15) is 0 Å². The molecule has 0 radical (unpaired) electrons. The maximum absolute atomic E-state index is 11.9. The van der Waals surface area contributed by atoms with E-state index in [1.165, 1.54) is 11.3 Å². The molecular formula is C13H14BrN3OS. The Labute approximate surface area is 124 Å². The molecule has 1 heterocycles. The highest BCUT2D eigenvalue weighted by Crippen LogP contribution is 2.12. The normalized spacial score (nSPS) is 10.4. The first-order valence-electron chi connectivity index (χ1n) is 5.86. The summed E-state index contributed by atoms with van der Waals surface area (Å²) in [6, 6.07) is 7.83. The Morgan fingerprint density at radius 2 is 2.32 bits per heavy atom. The van der Waals surface area contributed by atoms with Crippen LogP contribution < -0.4 is 11.1 Å². The topological polar surface area (TPSA) is 68.0 Å². The fourth-order valence-corrected chi connectivity index (χ4v) is 2.81. The maximum atomic E-state index is 11.9. The lowest BCUT2D eigenvalue weighted by atomic mass is 10.2. The van der Waals surface area contributed by atoms with Gasteiger partial charge in [0.2, 0.25) is 0 Å². The highest BCUT2D eigenvalue weighted by molar-refractivity contribution is 9.10. The fraction of sp³-hybridized carbons (Fsp3) is 0.231. The number of nitrogens with zero attached hydrogens (tertiary/aromatic N) is 1. The number of nitrogens with one attached hydrogen (secondary N) is 1. The first-order chi connectivity index (χ1) is 9.19. The summed E-state index contributed by atoms with van der Waals surface area (Å²) in [4.78, 5) is 16.2. The van der Waals surface area contributed by atoms with Crippen molar-refractivity contribution in [1.29, 1.82) is 0 Å². The van der Waals surface area contributed by atoms with Crippen molar-refractivity contribution in [3.8, 4) is 0 Å². The molecule has 0 atom stereocenters. The summed E-state index contributed by atoms with van der Waals surface area (Å²) in [6.07, 6.45) is 0.712. The zero-order chi connectivity index (χ0) is 13.7. The molecule has 0 spiro atoms. The molecule has 0 bridgehead atoms. The molecule has 2 rings (SSSR count). The first kappa shape index (κ1) is 14.2. The molecule has 0 fully saturated rings. The third-order valence-corrected chi connectivity index (χ3v) is 3.89. The van der Waals surface area contributed by atoms with Crippen molar-refractivity contribution >= 4 is 33.2 Å². The summed E-state index contributed by atoms with van der Waals surface area (Å²) >= 11 is 4.87. The predicted molar refractivity (Wildman–Crippen MR) is 80.2 cm³/mol. The summed E-state index contributed by atoms with van der Waals surface area (Å²) in [6.45, 7) is 1.04. The van der Waals surface area contributed by atoms with Crippen LogP contribution in [0.5, 0.6) is 0 Å². The molecule has 1 aromatic carbocycles. The van der Waals surface area contributed by atoms with Crippen LogP contribution in [0.2, 0.25) is 0 Å². The molecule has 3 N–H and O–H groups in total. The van der Waals surface area contributed by atoms with Crippen LogP contribution >= 0.6 is 27.3 Å². The van der Waals surface area contributed by atoms with Crippen LogP contribution in [0, 0.1) is 0 Å². The van der Waals surface area contributed by atoms with Crippen molar-refractivity contribution < 1.29 is 4.79 Å². The van der Waals surface area contributed by atoms with E-state index in [2.05, 4.69) is 26.2 Å². The predicted octanol–water partition coefficient (Wildman–Crippen LogP) is 2.34. The zero-order valence-electron chi connectivity index (χ0n) is 10.2. The number of hydrogen-bond donors (Lipinski definition) is 2. The van der Waals surface area contributed by atoms with Crippen LogP contribution in [-0.2, 0) is 13.0 Å². The van der Waals surface area contributed by atoms with Crippen molar-refractivity contribution in [2.45, 2.75) is 13.0 Å². The summed E-state index contributed by atoms with van der Waals surface area (Å²) < 4.78 is 0.998. The molecule has 0 saturated carbocycles. The molecule has 0 saturated heterocycles. The average molecular weight is 340 g/mol. The second-order valence-corrected chi connectivity index (χ2v) is 5.84. The molecule has 100 valence electrons. The number of amides is 1. The minimum absolute atomic E-state index is 0.153. The van der Waals surface area contributed by atoms with Gasteiger partial charge in [0, 0.05) is 22.8 Å². The maximum Gasteiger partial charge on any atom is 0.271 e. The number of thiazole rings is 1. The lowest BCUT2D eigenvalue weighted by molar-refractivity contribution is 0.0946. The standard InChI is InChI=1S/C13H14BrN3OS/c14-10-3-1-2-9(6-10)7-16-13(18)11-8-19-12(17-11)4-5-15/h1-3,6,8H,4-5,7,15H2,(H,16,18). The van der Waals surface area contributed by atoms with Gasteiger partial charge in [-0.05, 0) is 24.2 Å². The van der Waals surface area contributed by atoms with Gasteiger partial charge in [0.05, 0.1) is 5.01 Å². The Balaban J connectivity index is 1.93. The van der Waals surface area contributed by atoms with E-state index in [1.54, 1.807) is 5.38 Å². The number of hydrogen-bond acceptors (Lipinski definition) is 4. The van der Waals surface area contributed by atoms with Crippen LogP contribution in [0.4, 0.5) is 0 Å². The Morgan fingerprint density at radius 1 is 1.47 bits per heavy atom. The molecule has 0 aliphatic rings. The number of rotatable bonds is 5. The van der Waals surface area contributed by atoms with Gasteiger partial charge in [0.15, 0.2) is 0 Å². The Bertz CT molecular complexity index is 571. The van der Waals surface area contributed by atoms with E-state index in [0.29, 0.717) is 25.2 Å². The number of carbonyl (C=O) groups excluding carboxylic acids is 1. The minimum atomic E-state index is -0.153. The molecular weight excluding hydrogens is 326 g/mol. The van der Waals surface area contributed by atoms with Crippen molar-refractivity contribution in [3.63, 3.8) is 0 Å². The van der Waals surface area contributed by atoms with Gasteiger partial charge in [0.1, 0.15) is 5.69 Å². The van der Waals surface area contributed by atoms with Crippen molar-refractivity contribution in [2.24, 2.45) is 5.73 Å². The number of carbonyl (C=O) groups is 1. The molecule has 0 aliphatic carbocycles. The smallest absolute Gasteiger partial charge is 0.271 e. The monoisotopic (exact) mass is 339 g/mol. The van der Waals surface area contributed by atoms with E-state index in [4.69, 9.17) is 5.73 Å². The van der Waals surface area contributed by atoms with Crippen LogP contribution in [-0.4, -0.2) is 17.4 Å². The van der Waals surface area contributed by atoms with Gasteiger partial charge in [-0.15, -0.1) is 11.3 Å². The molecule has 1 aromatic heterocycles.